The molecular formula is C15H18N2OS. The van der Waals surface area contributed by atoms with Crippen molar-refractivity contribution in [3.05, 3.63) is 47.8 Å². The molecule has 19 heavy (non-hydrogen) atoms. The molecule has 1 aromatic carbocycles. The molecule has 0 spiro atoms. The second kappa shape index (κ2) is 6.57. The lowest BCUT2D eigenvalue weighted by atomic mass is 10.1. The molecule has 0 atom stereocenters. The molecule has 100 valence electrons. The van der Waals surface area contributed by atoms with Gasteiger partial charge in [0.15, 0.2) is 0 Å². The van der Waals surface area contributed by atoms with Gasteiger partial charge < -0.3 is 0 Å². The van der Waals surface area contributed by atoms with Crippen molar-refractivity contribution in [3.63, 3.8) is 0 Å². The van der Waals surface area contributed by atoms with Crippen molar-refractivity contribution < 1.29 is 4.79 Å². The molecule has 0 aliphatic heterocycles. The number of rotatable bonds is 6. The average molecular weight is 274 g/mol. The van der Waals surface area contributed by atoms with E-state index in [4.69, 9.17) is 0 Å². The number of benzene rings is 1. The molecule has 2 aromatic rings. The molecule has 3 nitrogen and oxygen atoms in total. The lowest BCUT2D eigenvalue weighted by Crippen LogP contribution is -2.02. The number of aryl methyl sites for hydroxylation is 3. The van der Waals surface area contributed by atoms with Crippen LogP contribution in [0.4, 0.5) is 0 Å². The maximum Gasteiger partial charge on any atom is 0.143 e. The van der Waals surface area contributed by atoms with Crippen molar-refractivity contribution in [2.24, 2.45) is 7.05 Å². The second-order valence-electron chi connectivity index (χ2n) is 4.67. The van der Waals surface area contributed by atoms with E-state index in [-0.39, 0.29) is 5.78 Å². The first-order valence-electron chi connectivity index (χ1n) is 6.32. The number of carbonyl (C=O) groups is 1. The van der Waals surface area contributed by atoms with Crippen LogP contribution < -0.4 is 0 Å². The molecule has 0 unspecified atom stereocenters. The fourth-order valence-corrected chi connectivity index (χ4v) is 2.74. The molecule has 2 rings (SSSR count). The smallest absolute Gasteiger partial charge is 0.143 e. The van der Waals surface area contributed by atoms with E-state index < -0.39 is 0 Å². The quantitative estimate of drug-likeness (QED) is 0.759. The molecule has 0 saturated carbocycles. The van der Waals surface area contributed by atoms with E-state index in [1.54, 1.807) is 16.4 Å². The molecule has 1 aromatic heterocycles. The lowest BCUT2D eigenvalue weighted by Gasteiger charge is -2.02. The van der Waals surface area contributed by atoms with Gasteiger partial charge in [-0.25, -0.2) is 0 Å². The summed E-state index contributed by atoms with van der Waals surface area (Å²) < 4.78 is 1.77. The van der Waals surface area contributed by atoms with Gasteiger partial charge in [0.1, 0.15) is 5.78 Å². The van der Waals surface area contributed by atoms with E-state index in [1.807, 2.05) is 31.6 Å². The second-order valence-corrected chi connectivity index (χ2v) is 5.71. The van der Waals surface area contributed by atoms with Gasteiger partial charge in [-0.1, -0.05) is 17.7 Å². The third kappa shape index (κ3) is 4.56. The molecule has 0 aliphatic rings. The summed E-state index contributed by atoms with van der Waals surface area (Å²) in [5.74, 6) is 0.833. The van der Waals surface area contributed by atoms with Gasteiger partial charge in [-0.15, -0.1) is 11.8 Å². The zero-order valence-electron chi connectivity index (χ0n) is 11.3. The van der Waals surface area contributed by atoms with E-state index in [0.717, 1.165) is 16.9 Å². The van der Waals surface area contributed by atoms with Gasteiger partial charge in [-0.05, 0) is 31.0 Å². The normalized spacial score (nSPS) is 10.6. The van der Waals surface area contributed by atoms with Gasteiger partial charge in [0.25, 0.3) is 0 Å². The summed E-state index contributed by atoms with van der Waals surface area (Å²) >= 11 is 1.61. The Balaban J connectivity index is 1.75. The Morgan fingerprint density at radius 3 is 2.95 bits per heavy atom. The minimum absolute atomic E-state index is 0.287. The van der Waals surface area contributed by atoms with Gasteiger partial charge in [-0.3, -0.25) is 9.48 Å². The molecule has 1 heterocycles. The fraction of sp³-hybridized carbons (Fsp3) is 0.333. The summed E-state index contributed by atoms with van der Waals surface area (Å²) in [6, 6.07) is 8.25. The van der Waals surface area contributed by atoms with Crippen molar-refractivity contribution in [2.45, 2.75) is 24.7 Å². The Kier molecular flexibility index (Phi) is 4.80. The van der Waals surface area contributed by atoms with Crippen molar-refractivity contribution in [3.8, 4) is 0 Å². The lowest BCUT2D eigenvalue weighted by molar-refractivity contribution is -0.116. The van der Waals surface area contributed by atoms with Crippen LogP contribution in [0.3, 0.4) is 0 Å². The Hall–Kier alpha value is -1.55. The molecule has 0 radical (unpaired) electrons. The number of carbonyl (C=O) groups excluding carboxylic acids is 1. The van der Waals surface area contributed by atoms with Crippen molar-refractivity contribution in [1.29, 1.82) is 0 Å². The minimum Gasteiger partial charge on any atom is -0.299 e. The summed E-state index contributed by atoms with van der Waals surface area (Å²) in [4.78, 5) is 13.0. The molecular weight excluding hydrogens is 256 g/mol. The number of Topliss-reactive ketones (excluding diaryl/α,β-unsaturated/α-hetero) is 1. The third-order valence-corrected chi connectivity index (χ3v) is 3.89. The molecule has 0 N–H and O–H groups in total. The third-order valence-electron chi connectivity index (χ3n) is 2.84. The minimum atomic E-state index is 0.287. The van der Waals surface area contributed by atoms with Gasteiger partial charge in [0.05, 0.1) is 11.9 Å². The summed E-state index contributed by atoms with van der Waals surface area (Å²) in [5.41, 5.74) is 2.35. The van der Waals surface area contributed by atoms with Crippen LogP contribution in [0.15, 0.2) is 41.6 Å². The largest absolute Gasteiger partial charge is 0.299 e. The molecule has 4 heteroatoms. The zero-order chi connectivity index (χ0) is 13.7. The Morgan fingerprint density at radius 1 is 1.42 bits per heavy atom. The highest BCUT2D eigenvalue weighted by molar-refractivity contribution is 8.00. The maximum atomic E-state index is 11.8. The van der Waals surface area contributed by atoms with Crippen LogP contribution in [0.25, 0.3) is 0 Å². The summed E-state index contributed by atoms with van der Waals surface area (Å²) in [6.07, 6.45) is 5.15. The number of thioether (sulfide) groups is 1. The monoisotopic (exact) mass is 274 g/mol. The van der Waals surface area contributed by atoms with Crippen molar-refractivity contribution >= 4 is 17.5 Å². The number of nitrogens with zero attached hydrogens (tertiary/aromatic N) is 2. The Bertz CT molecular complexity index is 563. The number of ketones is 1. The molecule has 0 bridgehead atoms. The van der Waals surface area contributed by atoms with E-state index in [0.29, 0.717) is 12.2 Å². The standard InChI is InChI=1S/C15H18N2OS/c1-12-4-3-5-15(8-12)19-11-14(18)7-6-13-9-16-17(2)10-13/h3-5,8-10H,6-7,11H2,1-2H3. The van der Waals surface area contributed by atoms with Crippen LogP contribution in [-0.2, 0) is 18.3 Å². The topological polar surface area (TPSA) is 34.9 Å². The van der Waals surface area contributed by atoms with Crippen molar-refractivity contribution in [1.82, 2.24) is 9.78 Å². The predicted octanol–water partition coefficient (Wildman–Crippen LogP) is 3.02. The highest BCUT2D eigenvalue weighted by atomic mass is 32.2. The molecule has 0 fully saturated rings. The average Bonchev–Trinajstić information content (AvgIpc) is 2.80. The van der Waals surface area contributed by atoms with Crippen LogP contribution in [0, 0.1) is 6.92 Å². The predicted molar refractivity (Wildman–Crippen MR) is 78.4 cm³/mol. The van der Waals surface area contributed by atoms with E-state index in [1.165, 1.54) is 5.56 Å². The van der Waals surface area contributed by atoms with Gasteiger partial charge in [-0.2, -0.15) is 5.10 Å². The maximum absolute atomic E-state index is 11.8. The van der Waals surface area contributed by atoms with E-state index >= 15 is 0 Å². The number of hydrogen-bond acceptors (Lipinski definition) is 3. The molecule has 0 saturated heterocycles. The van der Waals surface area contributed by atoms with Crippen LogP contribution in [-0.4, -0.2) is 21.3 Å². The zero-order valence-corrected chi connectivity index (χ0v) is 12.1. The van der Waals surface area contributed by atoms with Crippen molar-refractivity contribution in [2.75, 3.05) is 5.75 Å². The van der Waals surface area contributed by atoms with Crippen LogP contribution in [0.5, 0.6) is 0 Å². The first kappa shape index (κ1) is 13.9. The summed E-state index contributed by atoms with van der Waals surface area (Å²) in [6.45, 7) is 2.06. The highest BCUT2D eigenvalue weighted by Crippen LogP contribution is 2.19. The number of hydrogen-bond donors (Lipinski definition) is 0. The Labute approximate surface area is 118 Å². The van der Waals surface area contributed by atoms with Crippen LogP contribution in [0.2, 0.25) is 0 Å². The van der Waals surface area contributed by atoms with Gasteiger partial charge in [0, 0.05) is 24.6 Å². The first-order chi connectivity index (χ1) is 9.13. The fourth-order valence-electron chi connectivity index (χ4n) is 1.83. The molecule has 0 aliphatic carbocycles. The first-order valence-corrected chi connectivity index (χ1v) is 7.31. The van der Waals surface area contributed by atoms with Crippen LogP contribution >= 0.6 is 11.8 Å². The van der Waals surface area contributed by atoms with Gasteiger partial charge >= 0.3 is 0 Å². The number of aromatic nitrogens is 2. The summed E-state index contributed by atoms with van der Waals surface area (Å²) in [7, 11) is 1.89. The molecule has 0 amide bonds. The Morgan fingerprint density at radius 2 is 2.26 bits per heavy atom. The SMILES string of the molecule is Cc1cccc(SCC(=O)CCc2cnn(C)c2)c1. The highest BCUT2D eigenvalue weighted by Gasteiger charge is 2.05. The van der Waals surface area contributed by atoms with Crippen LogP contribution in [0.1, 0.15) is 17.5 Å². The van der Waals surface area contributed by atoms with E-state index in [2.05, 4.69) is 24.2 Å². The summed E-state index contributed by atoms with van der Waals surface area (Å²) in [5, 5.41) is 4.10. The van der Waals surface area contributed by atoms with E-state index in [9.17, 15) is 4.79 Å². The van der Waals surface area contributed by atoms with Gasteiger partial charge in [0.2, 0.25) is 0 Å².